The lowest BCUT2D eigenvalue weighted by atomic mass is 10.1. The first kappa shape index (κ1) is 17.6. The van der Waals surface area contributed by atoms with Gasteiger partial charge < -0.3 is 13.9 Å². The quantitative estimate of drug-likeness (QED) is 0.449. The van der Waals surface area contributed by atoms with E-state index >= 15 is 0 Å². The Morgan fingerprint density at radius 2 is 1.92 bits per heavy atom. The lowest BCUT2D eigenvalue weighted by Gasteiger charge is -2.09. The fourth-order valence-electron chi connectivity index (χ4n) is 2.41. The number of benzene rings is 2. The molecular weight excluding hydrogens is 346 g/mol. The van der Waals surface area contributed by atoms with Crippen LogP contribution in [0.15, 0.2) is 46.9 Å². The van der Waals surface area contributed by atoms with Crippen molar-refractivity contribution < 1.29 is 32.3 Å². The van der Waals surface area contributed by atoms with E-state index in [-0.39, 0.29) is 34.8 Å². The SMILES string of the molecule is CCOC(=O)c1cc(Oc2ccc(C(F)F)cc2)c2cc(C=O)oc2c1. The van der Waals surface area contributed by atoms with Crippen molar-refractivity contribution in [3.63, 3.8) is 0 Å². The first-order valence-electron chi connectivity index (χ1n) is 7.77. The fourth-order valence-corrected chi connectivity index (χ4v) is 2.41. The highest BCUT2D eigenvalue weighted by Gasteiger charge is 2.17. The van der Waals surface area contributed by atoms with E-state index in [1.165, 1.54) is 42.5 Å². The molecule has 0 spiro atoms. The van der Waals surface area contributed by atoms with Crippen LogP contribution in [0.1, 0.15) is 39.8 Å². The molecule has 134 valence electrons. The highest BCUT2D eigenvalue weighted by molar-refractivity contribution is 5.98. The summed E-state index contributed by atoms with van der Waals surface area (Å²) >= 11 is 0. The van der Waals surface area contributed by atoms with Gasteiger partial charge in [-0.05, 0) is 49.4 Å². The Morgan fingerprint density at radius 3 is 2.54 bits per heavy atom. The summed E-state index contributed by atoms with van der Waals surface area (Å²) in [6.45, 7) is 1.87. The molecular formula is C19H14F2O5. The number of aldehydes is 1. The van der Waals surface area contributed by atoms with Crippen molar-refractivity contribution in [2.24, 2.45) is 0 Å². The molecule has 0 amide bonds. The zero-order valence-electron chi connectivity index (χ0n) is 13.7. The van der Waals surface area contributed by atoms with Crippen molar-refractivity contribution >= 4 is 23.2 Å². The Kier molecular flexibility index (Phi) is 4.97. The Labute approximate surface area is 147 Å². The largest absolute Gasteiger partial charge is 0.462 e. The van der Waals surface area contributed by atoms with E-state index in [0.717, 1.165) is 0 Å². The van der Waals surface area contributed by atoms with Crippen molar-refractivity contribution in [1.82, 2.24) is 0 Å². The molecule has 0 fully saturated rings. The molecule has 3 aromatic rings. The summed E-state index contributed by atoms with van der Waals surface area (Å²) < 4.78 is 41.4. The standard InChI is InChI=1S/C19H14F2O5/c1-2-24-19(23)12-7-16(15-9-14(10-22)26-17(15)8-12)25-13-5-3-11(4-6-13)18(20)21/h3-10,18H,2H2,1H3. The maximum Gasteiger partial charge on any atom is 0.338 e. The van der Waals surface area contributed by atoms with Crippen LogP contribution < -0.4 is 4.74 Å². The third-order valence-electron chi connectivity index (χ3n) is 3.61. The minimum absolute atomic E-state index is 0.0684. The van der Waals surface area contributed by atoms with Gasteiger partial charge in [0.05, 0.1) is 17.6 Å². The van der Waals surface area contributed by atoms with E-state index in [1.807, 2.05) is 0 Å². The third-order valence-corrected chi connectivity index (χ3v) is 3.61. The summed E-state index contributed by atoms with van der Waals surface area (Å²) in [5, 5.41) is 0.470. The molecule has 3 rings (SSSR count). The predicted molar refractivity (Wildman–Crippen MR) is 89.0 cm³/mol. The van der Waals surface area contributed by atoms with Crippen molar-refractivity contribution in [2.45, 2.75) is 13.3 Å². The van der Waals surface area contributed by atoms with Crippen LogP contribution in [0.3, 0.4) is 0 Å². The van der Waals surface area contributed by atoms with E-state index in [2.05, 4.69) is 0 Å². The Hall–Kier alpha value is -3.22. The first-order valence-corrected chi connectivity index (χ1v) is 7.77. The van der Waals surface area contributed by atoms with Crippen LogP contribution in [0.25, 0.3) is 11.0 Å². The van der Waals surface area contributed by atoms with Gasteiger partial charge in [0, 0.05) is 5.56 Å². The first-order chi connectivity index (χ1) is 12.5. The molecule has 0 atom stereocenters. The maximum atomic E-state index is 12.7. The Balaban J connectivity index is 2.02. The lowest BCUT2D eigenvalue weighted by Crippen LogP contribution is -2.04. The average molecular weight is 360 g/mol. The monoisotopic (exact) mass is 360 g/mol. The number of fused-ring (bicyclic) bond motifs is 1. The predicted octanol–water partition coefficient (Wildman–Crippen LogP) is 5.15. The van der Waals surface area contributed by atoms with Gasteiger partial charge in [-0.15, -0.1) is 0 Å². The van der Waals surface area contributed by atoms with E-state index < -0.39 is 12.4 Å². The molecule has 0 bridgehead atoms. The molecule has 0 aliphatic rings. The Morgan fingerprint density at radius 1 is 1.19 bits per heavy atom. The topological polar surface area (TPSA) is 65.7 Å². The molecule has 5 nitrogen and oxygen atoms in total. The van der Waals surface area contributed by atoms with Crippen LogP contribution in [-0.2, 0) is 4.74 Å². The van der Waals surface area contributed by atoms with E-state index in [9.17, 15) is 18.4 Å². The number of furan rings is 1. The van der Waals surface area contributed by atoms with Gasteiger partial charge in [-0.1, -0.05) is 0 Å². The zero-order valence-corrected chi connectivity index (χ0v) is 13.7. The molecule has 1 heterocycles. The smallest absolute Gasteiger partial charge is 0.338 e. The van der Waals surface area contributed by atoms with Gasteiger partial charge in [-0.3, -0.25) is 4.79 Å². The van der Waals surface area contributed by atoms with Gasteiger partial charge in [0.15, 0.2) is 12.0 Å². The minimum atomic E-state index is -2.58. The molecule has 0 saturated heterocycles. The van der Waals surface area contributed by atoms with E-state index in [4.69, 9.17) is 13.9 Å². The maximum absolute atomic E-state index is 12.7. The van der Waals surface area contributed by atoms with Crippen LogP contribution in [0.2, 0.25) is 0 Å². The second-order valence-corrected chi connectivity index (χ2v) is 5.35. The molecule has 0 aliphatic heterocycles. The van der Waals surface area contributed by atoms with Gasteiger partial charge in [-0.25, -0.2) is 13.6 Å². The molecule has 0 saturated carbocycles. The van der Waals surface area contributed by atoms with Gasteiger partial charge in [0.1, 0.15) is 17.1 Å². The molecule has 1 aromatic heterocycles. The van der Waals surface area contributed by atoms with Crippen LogP contribution in [0, 0.1) is 0 Å². The molecule has 26 heavy (non-hydrogen) atoms. The summed E-state index contributed by atoms with van der Waals surface area (Å²) in [5.41, 5.74) is 0.330. The van der Waals surface area contributed by atoms with Gasteiger partial charge in [-0.2, -0.15) is 0 Å². The number of carbonyl (C=O) groups is 2. The fraction of sp³-hybridized carbons (Fsp3) is 0.158. The van der Waals surface area contributed by atoms with Crippen LogP contribution >= 0.6 is 0 Å². The molecule has 0 unspecified atom stereocenters. The number of carbonyl (C=O) groups excluding carboxylic acids is 2. The summed E-state index contributed by atoms with van der Waals surface area (Å²) in [6.07, 6.45) is -2.04. The number of ether oxygens (including phenoxy) is 2. The van der Waals surface area contributed by atoms with E-state index in [0.29, 0.717) is 17.4 Å². The van der Waals surface area contributed by atoms with Crippen molar-refractivity contribution in [1.29, 1.82) is 0 Å². The Bertz CT molecular complexity index is 944. The number of rotatable bonds is 6. The molecule has 0 N–H and O–H groups in total. The summed E-state index contributed by atoms with van der Waals surface area (Å²) in [7, 11) is 0. The molecule has 0 aliphatic carbocycles. The number of alkyl halides is 2. The second kappa shape index (κ2) is 7.35. The lowest BCUT2D eigenvalue weighted by molar-refractivity contribution is 0.0526. The second-order valence-electron chi connectivity index (χ2n) is 5.35. The minimum Gasteiger partial charge on any atom is -0.462 e. The van der Waals surface area contributed by atoms with E-state index in [1.54, 1.807) is 6.92 Å². The van der Waals surface area contributed by atoms with Crippen molar-refractivity contribution in [3.05, 3.63) is 59.4 Å². The van der Waals surface area contributed by atoms with Gasteiger partial charge >= 0.3 is 5.97 Å². The van der Waals surface area contributed by atoms with Gasteiger partial charge in [0.2, 0.25) is 0 Å². The average Bonchev–Trinajstić information content (AvgIpc) is 3.06. The highest BCUT2D eigenvalue weighted by atomic mass is 19.3. The molecule has 7 heteroatoms. The van der Waals surface area contributed by atoms with Crippen LogP contribution in [0.5, 0.6) is 11.5 Å². The third kappa shape index (κ3) is 3.56. The molecule has 2 aromatic carbocycles. The van der Waals surface area contributed by atoms with Gasteiger partial charge in [0.25, 0.3) is 6.43 Å². The van der Waals surface area contributed by atoms with Crippen LogP contribution in [-0.4, -0.2) is 18.9 Å². The number of hydrogen-bond donors (Lipinski definition) is 0. The normalized spacial score (nSPS) is 10.9. The number of halogens is 2. The summed E-state index contributed by atoms with van der Waals surface area (Å²) in [5.74, 6) is 0.0352. The number of hydrogen-bond acceptors (Lipinski definition) is 5. The molecule has 0 radical (unpaired) electrons. The summed E-state index contributed by atoms with van der Waals surface area (Å²) in [6, 6.07) is 9.66. The van der Waals surface area contributed by atoms with Crippen molar-refractivity contribution in [3.8, 4) is 11.5 Å². The summed E-state index contributed by atoms with van der Waals surface area (Å²) in [4.78, 5) is 23.0. The van der Waals surface area contributed by atoms with Crippen molar-refractivity contribution in [2.75, 3.05) is 6.61 Å². The van der Waals surface area contributed by atoms with Crippen LogP contribution in [0.4, 0.5) is 8.78 Å². The zero-order chi connectivity index (χ0) is 18.7. The highest BCUT2D eigenvalue weighted by Crippen LogP contribution is 2.34. The number of esters is 1.